The Morgan fingerprint density at radius 1 is 1.24 bits per heavy atom. The molecule has 2 heterocycles. The van der Waals surface area contributed by atoms with Gasteiger partial charge in [0.15, 0.2) is 0 Å². The molecular weight excluding hydrogens is 370 g/mol. The molecule has 21 heavy (non-hydrogen) atoms. The summed E-state index contributed by atoms with van der Waals surface area (Å²) in [5.41, 5.74) is 2.36. The topological polar surface area (TPSA) is 50.2 Å². The number of thiazole rings is 1. The smallest absolute Gasteiger partial charge is 0.336 e. The molecule has 106 valence electrons. The molecule has 0 unspecified atom stereocenters. The molecule has 2 aromatic heterocycles. The third-order valence-electron chi connectivity index (χ3n) is 2.89. The van der Waals surface area contributed by atoms with Crippen LogP contribution in [0.4, 0.5) is 0 Å². The monoisotopic (exact) mass is 379 g/mol. The van der Waals surface area contributed by atoms with E-state index in [0.29, 0.717) is 5.56 Å². The highest BCUT2D eigenvalue weighted by Gasteiger charge is 2.11. The minimum absolute atomic E-state index is 0.316. The Balaban J connectivity index is 1.81. The van der Waals surface area contributed by atoms with E-state index >= 15 is 0 Å². The van der Waals surface area contributed by atoms with E-state index in [2.05, 4.69) is 33.0 Å². The SMILES string of the molecule is O=C(O)c1csc(-c2csc(Cc3cccc(Br)c3)n2)c1. The zero-order valence-corrected chi connectivity index (χ0v) is 14.0. The number of aromatic nitrogens is 1. The zero-order valence-electron chi connectivity index (χ0n) is 10.7. The summed E-state index contributed by atoms with van der Waals surface area (Å²) >= 11 is 6.47. The molecular formula is C15H10BrNO2S2. The largest absolute Gasteiger partial charge is 0.478 e. The first-order valence-electron chi connectivity index (χ1n) is 6.13. The Bertz CT molecular complexity index is 794. The number of hydrogen-bond acceptors (Lipinski definition) is 4. The van der Waals surface area contributed by atoms with Crippen LogP contribution in [-0.2, 0) is 6.42 Å². The van der Waals surface area contributed by atoms with Crippen molar-refractivity contribution in [3.05, 3.63) is 61.7 Å². The fourth-order valence-electron chi connectivity index (χ4n) is 1.91. The maximum absolute atomic E-state index is 10.9. The summed E-state index contributed by atoms with van der Waals surface area (Å²) in [4.78, 5) is 16.4. The van der Waals surface area contributed by atoms with Crippen LogP contribution in [0.15, 0.2) is 45.6 Å². The lowest BCUT2D eigenvalue weighted by molar-refractivity contribution is 0.0697. The van der Waals surface area contributed by atoms with E-state index in [4.69, 9.17) is 5.11 Å². The van der Waals surface area contributed by atoms with Crippen molar-refractivity contribution in [2.45, 2.75) is 6.42 Å². The van der Waals surface area contributed by atoms with Gasteiger partial charge in [-0.3, -0.25) is 0 Å². The molecule has 0 amide bonds. The van der Waals surface area contributed by atoms with Gasteiger partial charge in [0.05, 0.1) is 21.1 Å². The summed E-state index contributed by atoms with van der Waals surface area (Å²) in [6.07, 6.45) is 0.779. The van der Waals surface area contributed by atoms with Crippen LogP contribution in [0.1, 0.15) is 20.9 Å². The van der Waals surface area contributed by atoms with Crippen molar-refractivity contribution >= 4 is 44.6 Å². The fraction of sp³-hybridized carbons (Fsp3) is 0.0667. The summed E-state index contributed by atoms with van der Waals surface area (Å²) < 4.78 is 1.06. The molecule has 0 saturated heterocycles. The maximum Gasteiger partial charge on any atom is 0.336 e. The van der Waals surface area contributed by atoms with Gasteiger partial charge in [-0.15, -0.1) is 22.7 Å². The van der Waals surface area contributed by atoms with Crippen molar-refractivity contribution in [2.75, 3.05) is 0 Å². The molecule has 0 spiro atoms. The number of carboxylic acids is 1. The number of carboxylic acid groups (broad SMARTS) is 1. The Morgan fingerprint density at radius 2 is 2.10 bits per heavy atom. The van der Waals surface area contributed by atoms with E-state index in [1.54, 1.807) is 22.8 Å². The first-order valence-corrected chi connectivity index (χ1v) is 8.68. The molecule has 0 radical (unpaired) electrons. The molecule has 0 fully saturated rings. The average Bonchev–Trinajstić information content (AvgIpc) is 3.06. The quantitative estimate of drug-likeness (QED) is 0.699. The molecule has 0 bridgehead atoms. The van der Waals surface area contributed by atoms with E-state index in [1.165, 1.54) is 16.9 Å². The summed E-state index contributed by atoms with van der Waals surface area (Å²) in [6.45, 7) is 0. The van der Waals surface area contributed by atoms with Gasteiger partial charge in [-0.05, 0) is 23.8 Å². The van der Waals surface area contributed by atoms with Gasteiger partial charge in [-0.2, -0.15) is 0 Å². The third kappa shape index (κ3) is 3.40. The van der Waals surface area contributed by atoms with Crippen molar-refractivity contribution in [1.82, 2.24) is 4.98 Å². The zero-order chi connectivity index (χ0) is 14.8. The molecule has 6 heteroatoms. The van der Waals surface area contributed by atoms with Crippen molar-refractivity contribution in [2.24, 2.45) is 0 Å². The molecule has 0 aliphatic carbocycles. The summed E-state index contributed by atoms with van der Waals surface area (Å²) in [5, 5.41) is 13.6. The van der Waals surface area contributed by atoms with Crippen molar-refractivity contribution in [3.8, 4) is 10.6 Å². The second-order valence-electron chi connectivity index (χ2n) is 4.44. The minimum Gasteiger partial charge on any atom is -0.478 e. The number of hydrogen-bond donors (Lipinski definition) is 1. The van der Waals surface area contributed by atoms with Gasteiger partial charge in [0, 0.05) is 21.7 Å². The Kier molecular flexibility index (Phi) is 4.19. The lowest BCUT2D eigenvalue weighted by Gasteiger charge is -1.98. The van der Waals surface area contributed by atoms with Gasteiger partial charge in [0.25, 0.3) is 0 Å². The predicted octanol–water partition coefficient (Wildman–Crippen LogP) is 4.92. The first kappa shape index (κ1) is 14.4. The molecule has 1 aromatic carbocycles. The number of nitrogens with zero attached hydrogens (tertiary/aromatic N) is 1. The van der Waals surface area contributed by atoms with Crippen LogP contribution in [0.5, 0.6) is 0 Å². The van der Waals surface area contributed by atoms with Crippen LogP contribution < -0.4 is 0 Å². The standard InChI is InChI=1S/C15H10BrNO2S2/c16-11-3-1-2-9(4-11)5-14-17-12(8-21-14)13-6-10(7-20-13)15(18)19/h1-4,6-8H,5H2,(H,18,19). The van der Waals surface area contributed by atoms with Crippen LogP contribution in [0, 0.1) is 0 Å². The van der Waals surface area contributed by atoms with Crippen LogP contribution in [0.3, 0.4) is 0 Å². The van der Waals surface area contributed by atoms with Gasteiger partial charge in [-0.1, -0.05) is 28.1 Å². The van der Waals surface area contributed by atoms with E-state index < -0.39 is 5.97 Å². The Morgan fingerprint density at radius 3 is 2.81 bits per heavy atom. The highest BCUT2D eigenvalue weighted by atomic mass is 79.9. The van der Waals surface area contributed by atoms with Gasteiger partial charge in [0.1, 0.15) is 0 Å². The predicted molar refractivity (Wildman–Crippen MR) is 89.3 cm³/mol. The van der Waals surface area contributed by atoms with Crippen LogP contribution in [0.25, 0.3) is 10.6 Å². The highest BCUT2D eigenvalue weighted by molar-refractivity contribution is 9.10. The van der Waals surface area contributed by atoms with Crippen molar-refractivity contribution in [3.63, 3.8) is 0 Å². The Hall–Kier alpha value is -1.50. The number of carbonyl (C=O) groups is 1. The van der Waals surface area contributed by atoms with Crippen molar-refractivity contribution in [1.29, 1.82) is 0 Å². The molecule has 0 aliphatic heterocycles. The van der Waals surface area contributed by atoms with E-state index in [-0.39, 0.29) is 0 Å². The fourth-order valence-corrected chi connectivity index (χ4v) is 4.10. The van der Waals surface area contributed by atoms with E-state index in [1.807, 2.05) is 17.5 Å². The second-order valence-corrected chi connectivity index (χ2v) is 7.21. The summed E-state index contributed by atoms with van der Waals surface area (Å²) in [6, 6.07) is 9.82. The maximum atomic E-state index is 10.9. The highest BCUT2D eigenvalue weighted by Crippen LogP contribution is 2.29. The molecule has 3 aromatic rings. The van der Waals surface area contributed by atoms with Crippen molar-refractivity contribution < 1.29 is 9.90 Å². The molecule has 0 atom stereocenters. The first-order chi connectivity index (χ1) is 10.1. The average molecular weight is 380 g/mol. The van der Waals surface area contributed by atoms with Crippen LogP contribution >= 0.6 is 38.6 Å². The molecule has 3 rings (SSSR count). The molecule has 3 nitrogen and oxygen atoms in total. The van der Waals surface area contributed by atoms with Gasteiger partial charge < -0.3 is 5.11 Å². The number of benzene rings is 1. The van der Waals surface area contributed by atoms with Crippen LogP contribution in [0.2, 0.25) is 0 Å². The lowest BCUT2D eigenvalue weighted by Crippen LogP contribution is -1.91. The number of halogens is 1. The molecule has 0 aliphatic rings. The number of rotatable bonds is 4. The minimum atomic E-state index is -0.901. The van der Waals surface area contributed by atoms with Crippen LogP contribution in [-0.4, -0.2) is 16.1 Å². The van der Waals surface area contributed by atoms with Gasteiger partial charge >= 0.3 is 5.97 Å². The summed E-state index contributed by atoms with van der Waals surface area (Å²) in [7, 11) is 0. The lowest BCUT2D eigenvalue weighted by atomic mass is 10.2. The summed E-state index contributed by atoms with van der Waals surface area (Å²) in [5.74, 6) is -0.901. The Labute approximate surface area is 138 Å². The van der Waals surface area contributed by atoms with Gasteiger partial charge in [-0.25, -0.2) is 9.78 Å². The molecule has 0 saturated carbocycles. The van der Waals surface area contributed by atoms with E-state index in [9.17, 15) is 4.79 Å². The molecule has 1 N–H and O–H groups in total. The number of thiophene rings is 1. The van der Waals surface area contributed by atoms with E-state index in [0.717, 1.165) is 26.5 Å². The second kappa shape index (κ2) is 6.09. The normalized spacial score (nSPS) is 10.7. The third-order valence-corrected chi connectivity index (χ3v) is 5.19. The van der Waals surface area contributed by atoms with Gasteiger partial charge in [0.2, 0.25) is 0 Å². The number of aromatic carboxylic acids is 1.